The lowest BCUT2D eigenvalue weighted by atomic mass is 10.1. The third-order valence-corrected chi connectivity index (χ3v) is 3.84. The van der Waals surface area contributed by atoms with E-state index in [4.69, 9.17) is 5.73 Å². The Labute approximate surface area is 121 Å². The van der Waals surface area contributed by atoms with E-state index in [1.54, 1.807) is 12.1 Å². The molecule has 0 spiro atoms. The van der Waals surface area contributed by atoms with Gasteiger partial charge < -0.3 is 16.0 Å². The highest BCUT2D eigenvalue weighted by atomic mass is 16.1. The summed E-state index contributed by atoms with van der Waals surface area (Å²) in [4.78, 5) is 13.5. The average Bonchev–Trinajstić information content (AvgIpc) is 2.48. The number of benzene rings is 1. The van der Waals surface area contributed by atoms with Crippen molar-refractivity contribution in [1.29, 1.82) is 0 Å². The van der Waals surface area contributed by atoms with Crippen molar-refractivity contribution in [1.82, 2.24) is 10.2 Å². The molecule has 0 radical (unpaired) electrons. The number of carbonyl (C=O) groups excluding carboxylic acids is 1. The lowest BCUT2D eigenvalue weighted by Crippen LogP contribution is -2.32. The molecule has 1 amide bonds. The maximum absolute atomic E-state index is 11.0. The second kappa shape index (κ2) is 8.02. The molecule has 0 atom stereocenters. The molecule has 4 nitrogen and oxygen atoms in total. The zero-order valence-corrected chi connectivity index (χ0v) is 12.1. The Morgan fingerprint density at radius 1 is 1.15 bits per heavy atom. The minimum atomic E-state index is -0.369. The maximum atomic E-state index is 11.0. The summed E-state index contributed by atoms with van der Waals surface area (Å²) in [5, 5.41) is 3.45. The van der Waals surface area contributed by atoms with Gasteiger partial charge in [0.15, 0.2) is 0 Å². The SMILES string of the molecule is NC(=O)c1ccc(CNCCCN2CCCCC2)cc1. The standard InChI is InChI=1S/C16H25N3O/c17-16(20)15-7-5-14(6-8-15)13-18-9-4-12-19-10-2-1-3-11-19/h5-8,18H,1-4,9-13H2,(H2,17,20). The topological polar surface area (TPSA) is 58.4 Å². The first-order valence-corrected chi connectivity index (χ1v) is 7.57. The summed E-state index contributed by atoms with van der Waals surface area (Å²) >= 11 is 0. The van der Waals surface area contributed by atoms with Gasteiger partial charge in [-0.1, -0.05) is 18.6 Å². The Kier molecular flexibility index (Phi) is 6.02. The molecule has 2 rings (SSSR count). The van der Waals surface area contributed by atoms with Gasteiger partial charge >= 0.3 is 0 Å². The van der Waals surface area contributed by atoms with Crippen LogP contribution in [-0.4, -0.2) is 37.0 Å². The van der Waals surface area contributed by atoms with Crippen LogP contribution in [0, 0.1) is 0 Å². The Bertz CT molecular complexity index is 410. The molecule has 110 valence electrons. The van der Waals surface area contributed by atoms with Crippen molar-refractivity contribution in [2.75, 3.05) is 26.2 Å². The van der Waals surface area contributed by atoms with Gasteiger partial charge in [0.1, 0.15) is 0 Å². The van der Waals surface area contributed by atoms with Gasteiger partial charge in [0.25, 0.3) is 0 Å². The predicted molar refractivity (Wildman–Crippen MR) is 81.6 cm³/mol. The molecule has 0 bridgehead atoms. The van der Waals surface area contributed by atoms with Gasteiger partial charge in [-0.15, -0.1) is 0 Å². The smallest absolute Gasteiger partial charge is 0.248 e. The van der Waals surface area contributed by atoms with Crippen LogP contribution in [0.25, 0.3) is 0 Å². The van der Waals surface area contributed by atoms with E-state index in [1.165, 1.54) is 50.9 Å². The van der Waals surface area contributed by atoms with Crippen LogP contribution in [0.4, 0.5) is 0 Å². The summed E-state index contributed by atoms with van der Waals surface area (Å²) in [6.07, 6.45) is 5.31. The fraction of sp³-hybridized carbons (Fsp3) is 0.562. The third-order valence-electron chi connectivity index (χ3n) is 3.84. The summed E-state index contributed by atoms with van der Waals surface area (Å²) < 4.78 is 0. The number of carbonyl (C=O) groups is 1. The summed E-state index contributed by atoms with van der Waals surface area (Å²) in [7, 11) is 0. The largest absolute Gasteiger partial charge is 0.366 e. The van der Waals surface area contributed by atoms with E-state index in [9.17, 15) is 4.79 Å². The Balaban J connectivity index is 1.59. The van der Waals surface area contributed by atoms with Gasteiger partial charge in [0.2, 0.25) is 5.91 Å². The van der Waals surface area contributed by atoms with Gasteiger partial charge in [0, 0.05) is 12.1 Å². The highest BCUT2D eigenvalue weighted by molar-refractivity contribution is 5.92. The number of nitrogens with zero attached hydrogens (tertiary/aromatic N) is 1. The van der Waals surface area contributed by atoms with Crippen LogP contribution in [0.2, 0.25) is 0 Å². The van der Waals surface area contributed by atoms with E-state index >= 15 is 0 Å². The average molecular weight is 275 g/mol. The first-order chi connectivity index (χ1) is 9.75. The molecule has 1 saturated heterocycles. The van der Waals surface area contributed by atoms with E-state index in [0.717, 1.165) is 13.1 Å². The van der Waals surface area contributed by atoms with Crippen molar-refractivity contribution in [3.63, 3.8) is 0 Å². The molecule has 0 saturated carbocycles. The second-order valence-electron chi connectivity index (χ2n) is 5.49. The van der Waals surface area contributed by atoms with Crippen molar-refractivity contribution in [2.24, 2.45) is 5.73 Å². The lowest BCUT2D eigenvalue weighted by molar-refractivity contribution is 0.100. The summed E-state index contributed by atoms with van der Waals surface area (Å²) in [6.45, 7) is 5.63. The Morgan fingerprint density at radius 2 is 1.85 bits per heavy atom. The number of hydrogen-bond acceptors (Lipinski definition) is 3. The molecule has 20 heavy (non-hydrogen) atoms. The van der Waals surface area contributed by atoms with Gasteiger partial charge in [-0.25, -0.2) is 0 Å². The number of rotatable bonds is 7. The number of nitrogens with two attached hydrogens (primary N) is 1. The molecule has 1 aromatic rings. The quantitative estimate of drug-likeness (QED) is 0.745. The molecule has 1 aliphatic rings. The van der Waals surface area contributed by atoms with Crippen molar-refractivity contribution in [3.05, 3.63) is 35.4 Å². The van der Waals surface area contributed by atoms with Crippen LogP contribution in [0.1, 0.15) is 41.6 Å². The van der Waals surface area contributed by atoms with Gasteiger partial charge in [-0.3, -0.25) is 4.79 Å². The normalized spacial score (nSPS) is 16.2. The number of amides is 1. The van der Waals surface area contributed by atoms with Crippen LogP contribution in [-0.2, 0) is 6.54 Å². The molecule has 1 aromatic carbocycles. The van der Waals surface area contributed by atoms with Crippen LogP contribution < -0.4 is 11.1 Å². The molecule has 1 aliphatic heterocycles. The number of nitrogens with one attached hydrogen (secondary N) is 1. The van der Waals surface area contributed by atoms with E-state index in [2.05, 4.69) is 10.2 Å². The van der Waals surface area contributed by atoms with Crippen molar-refractivity contribution in [2.45, 2.75) is 32.2 Å². The first kappa shape index (κ1) is 15.0. The molecule has 4 heteroatoms. The van der Waals surface area contributed by atoms with Gasteiger partial charge in [-0.2, -0.15) is 0 Å². The number of primary amides is 1. The maximum Gasteiger partial charge on any atom is 0.248 e. The Morgan fingerprint density at radius 3 is 2.50 bits per heavy atom. The van der Waals surface area contributed by atoms with Gasteiger partial charge in [-0.05, 0) is 63.1 Å². The minimum Gasteiger partial charge on any atom is -0.366 e. The zero-order chi connectivity index (χ0) is 14.2. The van der Waals surface area contributed by atoms with E-state index in [1.807, 2.05) is 12.1 Å². The minimum absolute atomic E-state index is 0.369. The van der Waals surface area contributed by atoms with Crippen LogP contribution in [0.15, 0.2) is 24.3 Å². The van der Waals surface area contributed by atoms with Crippen molar-refractivity contribution >= 4 is 5.91 Å². The summed E-state index contributed by atoms with van der Waals surface area (Å²) in [5.41, 5.74) is 6.97. The van der Waals surface area contributed by atoms with Gasteiger partial charge in [0.05, 0.1) is 0 Å². The van der Waals surface area contributed by atoms with Crippen LogP contribution >= 0.6 is 0 Å². The second-order valence-corrected chi connectivity index (χ2v) is 5.49. The highest BCUT2D eigenvalue weighted by Gasteiger charge is 2.08. The zero-order valence-electron chi connectivity index (χ0n) is 12.1. The summed E-state index contributed by atoms with van der Waals surface area (Å²) in [6, 6.07) is 7.48. The van der Waals surface area contributed by atoms with Crippen molar-refractivity contribution in [3.8, 4) is 0 Å². The molecule has 1 fully saturated rings. The first-order valence-electron chi connectivity index (χ1n) is 7.57. The van der Waals surface area contributed by atoms with Crippen molar-refractivity contribution < 1.29 is 4.79 Å². The van der Waals surface area contributed by atoms with E-state index < -0.39 is 0 Å². The lowest BCUT2D eigenvalue weighted by Gasteiger charge is -2.26. The molecular weight excluding hydrogens is 250 g/mol. The number of likely N-dealkylation sites (tertiary alicyclic amines) is 1. The molecule has 0 unspecified atom stereocenters. The molecule has 0 aromatic heterocycles. The molecule has 3 N–H and O–H groups in total. The monoisotopic (exact) mass is 275 g/mol. The van der Waals surface area contributed by atoms with E-state index in [-0.39, 0.29) is 5.91 Å². The summed E-state index contributed by atoms with van der Waals surface area (Å²) in [5.74, 6) is -0.369. The third kappa shape index (κ3) is 4.94. The highest BCUT2D eigenvalue weighted by Crippen LogP contribution is 2.08. The van der Waals surface area contributed by atoms with Crippen LogP contribution in [0.5, 0.6) is 0 Å². The molecule has 1 heterocycles. The van der Waals surface area contributed by atoms with Crippen LogP contribution in [0.3, 0.4) is 0 Å². The fourth-order valence-electron chi connectivity index (χ4n) is 2.63. The molecule has 0 aliphatic carbocycles. The molecular formula is C16H25N3O. The number of hydrogen-bond donors (Lipinski definition) is 2. The predicted octanol–water partition coefficient (Wildman–Crippen LogP) is 1.75. The van der Waals surface area contributed by atoms with E-state index in [0.29, 0.717) is 5.56 Å². The number of piperidine rings is 1. The Hall–Kier alpha value is -1.39. The fourth-order valence-corrected chi connectivity index (χ4v) is 2.63.